The molecule has 0 radical (unpaired) electrons. The number of benzene rings is 3. The van der Waals surface area contributed by atoms with Crippen molar-refractivity contribution in [3.8, 4) is 22.4 Å². The normalized spacial score (nSPS) is 11.1. The minimum atomic E-state index is 0.497. The van der Waals surface area contributed by atoms with Gasteiger partial charge in [-0.15, -0.1) is 0 Å². The molecule has 5 rings (SSSR count). The number of hydrogen-bond acceptors (Lipinski definition) is 4. The number of aromatic nitrogens is 4. The number of nitrogens with two attached hydrogens (primary N) is 1. The first-order chi connectivity index (χ1) is 15.1. The molecule has 0 saturated heterocycles. The molecule has 0 aliphatic carbocycles. The van der Waals surface area contributed by atoms with Crippen LogP contribution >= 0.6 is 0 Å². The van der Waals surface area contributed by atoms with E-state index in [2.05, 4.69) is 64.7 Å². The minimum absolute atomic E-state index is 0.497. The van der Waals surface area contributed by atoms with E-state index in [-0.39, 0.29) is 0 Å². The van der Waals surface area contributed by atoms with Gasteiger partial charge in [0, 0.05) is 36.9 Å². The van der Waals surface area contributed by atoms with Crippen LogP contribution in [0.4, 0.5) is 5.82 Å². The second-order valence-corrected chi connectivity index (χ2v) is 7.76. The van der Waals surface area contributed by atoms with E-state index in [0.717, 1.165) is 41.1 Å². The number of rotatable bonds is 5. The van der Waals surface area contributed by atoms with Gasteiger partial charge in [-0.05, 0) is 34.4 Å². The molecule has 5 aromatic rings. The lowest BCUT2D eigenvalue weighted by Crippen LogP contribution is -2.03. The van der Waals surface area contributed by atoms with E-state index < -0.39 is 0 Å². The number of hydrogen-bond donors (Lipinski definition) is 1. The Bertz CT molecular complexity index is 1370. The molecule has 0 unspecified atom stereocenters. The smallest absolute Gasteiger partial charge is 0.131 e. The molecule has 3 aromatic carbocycles. The maximum Gasteiger partial charge on any atom is 0.131 e. The largest absolute Gasteiger partial charge is 0.384 e. The van der Waals surface area contributed by atoms with Crippen LogP contribution in [-0.2, 0) is 19.9 Å². The van der Waals surface area contributed by atoms with Gasteiger partial charge in [-0.25, -0.2) is 9.97 Å². The van der Waals surface area contributed by atoms with Crippen LogP contribution in [0.3, 0.4) is 0 Å². The van der Waals surface area contributed by atoms with Gasteiger partial charge in [0.15, 0.2) is 0 Å². The number of anilines is 1. The van der Waals surface area contributed by atoms with Crippen molar-refractivity contribution in [1.29, 1.82) is 0 Å². The molecular weight excluding hydrogens is 382 g/mol. The van der Waals surface area contributed by atoms with Crippen LogP contribution in [0.5, 0.6) is 0 Å². The average molecular weight is 406 g/mol. The maximum atomic E-state index is 6.12. The summed E-state index contributed by atoms with van der Waals surface area (Å²) < 4.78 is 1.82. The van der Waals surface area contributed by atoms with Gasteiger partial charge in [0.1, 0.15) is 11.6 Å². The average Bonchev–Trinajstić information content (AvgIpc) is 3.23. The van der Waals surface area contributed by atoms with Crippen molar-refractivity contribution in [3.63, 3.8) is 0 Å². The van der Waals surface area contributed by atoms with Crippen LogP contribution < -0.4 is 5.73 Å². The summed E-state index contributed by atoms with van der Waals surface area (Å²) in [6.07, 6.45) is 5.47. The lowest BCUT2D eigenvalue weighted by molar-refractivity contribution is 0.768. The first-order valence-electron chi connectivity index (χ1n) is 10.3. The summed E-state index contributed by atoms with van der Waals surface area (Å²) in [5.41, 5.74) is 11.5. The third-order valence-electron chi connectivity index (χ3n) is 5.44. The van der Waals surface area contributed by atoms with E-state index >= 15 is 0 Å². The Kier molecular flexibility index (Phi) is 4.92. The first kappa shape index (κ1) is 19.0. The SMILES string of the molecule is Cn1cc(-c2cccc(CCc3nc(N)cc(-c4ccc5ccccc5c4)n3)c2)cn1. The Morgan fingerprint density at radius 3 is 2.48 bits per heavy atom. The number of fused-ring (bicyclic) bond motifs is 1. The molecule has 152 valence electrons. The first-order valence-corrected chi connectivity index (χ1v) is 10.3. The van der Waals surface area contributed by atoms with Crippen LogP contribution in [0.2, 0.25) is 0 Å². The number of aryl methyl sites for hydroxylation is 3. The zero-order valence-corrected chi connectivity index (χ0v) is 17.4. The van der Waals surface area contributed by atoms with Crippen molar-refractivity contribution in [2.45, 2.75) is 12.8 Å². The van der Waals surface area contributed by atoms with Crippen molar-refractivity contribution < 1.29 is 0 Å². The van der Waals surface area contributed by atoms with Gasteiger partial charge in [0.25, 0.3) is 0 Å². The molecule has 0 atom stereocenters. The van der Waals surface area contributed by atoms with E-state index in [1.165, 1.54) is 16.3 Å². The Morgan fingerprint density at radius 1 is 0.774 bits per heavy atom. The second-order valence-electron chi connectivity index (χ2n) is 7.76. The van der Waals surface area contributed by atoms with E-state index in [1.54, 1.807) is 0 Å². The summed E-state index contributed by atoms with van der Waals surface area (Å²) in [6.45, 7) is 0. The molecule has 31 heavy (non-hydrogen) atoms. The fourth-order valence-electron chi connectivity index (χ4n) is 3.86. The molecule has 2 N–H and O–H groups in total. The zero-order chi connectivity index (χ0) is 21.2. The molecule has 5 heteroatoms. The highest BCUT2D eigenvalue weighted by atomic mass is 15.2. The van der Waals surface area contributed by atoms with Crippen LogP contribution in [0.1, 0.15) is 11.4 Å². The van der Waals surface area contributed by atoms with Gasteiger partial charge in [-0.3, -0.25) is 4.68 Å². The van der Waals surface area contributed by atoms with Crippen LogP contribution in [-0.4, -0.2) is 19.7 Å². The highest BCUT2D eigenvalue weighted by Gasteiger charge is 2.08. The van der Waals surface area contributed by atoms with E-state index in [4.69, 9.17) is 10.7 Å². The quantitative estimate of drug-likeness (QED) is 0.443. The van der Waals surface area contributed by atoms with Crippen molar-refractivity contribution in [3.05, 3.63) is 96.6 Å². The summed E-state index contributed by atoms with van der Waals surface area (Å²) in [7, 11) is 1.93. The third-order valence-corrected chi connectivity index (χ3v) is 5.44. The predicted octanol–water partition coefficient (Wildman–Crippen LogP) is 5.06. The Morgan fingerprint density at radius 2 is 1.65 bits per heavy atom. The fourth-order valence-corrected chi connectivity index (χ4v) is 3.86. The molecule has 0 aliphatic rings. The Balaban J connectivity index is 1.38. The molecule has 0 saturated carbocycles. The monoisotopic (exact) mass is 405 g/mol. The van der Waals surface area contributed by atoms with Gasteiger partial charge in [0.05, 0.1) is 11.9 Å². The highest BCUT2D eigenvalue weighted by Crippen LogP contribution is 2.25. The highest BCUT2D eigenvalue weighted by molar-refractivity contribution is 5.86. The summed E-state index contributed by atoms with van der Waals surface area (Å²) >= 11 is 0. The molecule has 0 aliphatic heterocycles. The standard InChI is InChI=1S/C26H23N5/c1-31-17-23(16-28-31)20-8-4-5-18(13-20)9-12-26-29-24(15-25(27)30-26)22-11-10-19-6-2-3-7-21(19)14-22/h2-8,10-11,13-17H,9,12H2,1H3,(H2,27,29,30). The van der Waals surface area contributed by atoms with Gasteiger partial charge in [-0.1, -0.05) is 60.7 Å². The van der Waals surface area contributed by atoms with Gasteiger partial charge in [-0.2, -0.15) is 5.10 Å². The molecule has 0 spiro atoms. The third kappa shape index (κ3) is 4.16. The molecule has 2 heterocycles. The summed E-state index contributed by atoms with van der Waals surface area (Å²) in [6, 6.07) is 25.0. The van der Waals surface area contributed by atoms with Crippen molar-refractivity contribution in [1.82, 2.24) is 19.7 Å². The summed E-state index contributed by atoms with van der Waals surface area (Å²) in [5.74, 6) is 1.26. The predicted molar refractivity (Wildman–Crippen MR) is 125 cm³/mol. The van der Waals surface area contributed by atoms with Crippen LogP contribution in [0, 0.1) is 0 Å². The van der Waals surface area contributed by atoms with Crippen LogP contribution in [0.15, 0.2) is 85.2 Å². The topological polar surface area (TPSA) is 69.6 Å². The fraction of sp³-hybridized carbons (Fsp3) is 0.115. The lowest BCUT2D eigenvalue weighted by Gasteiger charge is -2.08. The summed E-state index contributed by atoms with van der Waals surface area (Å²) in [5, 5.41) is 6.66. The maximum absolute atomic E-state index is 6.12. The Labute approximate surface area is 181 Å². The van der Waals surface area contributed by atoms with Gasteiger partial charge in [0.2, 0.25) is 0 Å². The van der Waals surface area contributed by atoms with Crippen molar-refractivity contribution in [2.24, 2.45) is 7.05 Å². The zero-order valence-electron chi connectivity index (χ0n) is 17.4. The minimum Gasteiger partial charge on any atom is -0.384 e. The number of nitrogens with zero attached hydrogens (tertiary/aromatic N) is 4. The molecule has 5 nitrogen and oxygen atoms in total. The molecule has 2 aromatic heterocycles. The molecule has 0 bridgehead atoms. The van der Waals surface area contributed by atoms with Gasteiger partial charge < -0.3 is 5.73 Å². The number of nitrogen functional groups attached to an aromatic ring is 1. The van der Waals surface area contributed by atoms with E-state index in [9.17, 15) is 0 Å². The lowest BCUT2D eigenvalue weighted by atomic mass is 10.0. The van der Waals surface area contributed by atoms with Crippen LogP contribution in [0.25, 0.3) is 33.2 Å². The molecular formula is C26H23N5. The van der Waals surface area contributed by atoms with Gasteiger partial charge >= 0.3 is 0 Å². The van der Waals surface area contributed by atoms with E-state index in [1.807, 2.05) is 42.3 Å². The molecule has 0 fully saturated rings. The second kappa shape index (κ2) is 8.03. The summed E-state index contributed by atoms with van der Waals surface area (Å²) in [4.78, 5) is 9.28. The van der Waals surface area contributed by atoms with Crippen molar-refractivity contribution >= 4 is 16.6 Å². The van der Waals surface area contributed by atoms with E-state index in [0.29, 0.717) is 5.82 Å². The van der Waals surface area contributed by atoms with Crippen molar-refractivity contribution in [2.75, 3.05) is 5.73 Å². The Hall–Kier alpha value is -3.99. The molecule has 0 amide bonds.